The number of ether oxygens (including phenoxy) is 1. The molecule has 1 aromatic carbocycles. The maximum atomic E-state index is 11.1. The molecule has 0 aliphatic carbocycles. The number of rotatable bonds is 7. The molecule has 0 bridgehead atoms. The predicted molar refractivity (Wildman–Crippen MR) is 101 cm³/mol. The number of amides is 1. The molecule has 134 valence electrons. The summed E-state index contributed by atoms with van der Waals surface area (Å²) in [6, 6.07) is 7.31. The van der Waals surface area contributed by atoms with Crippen molar-refractivity contribution >= 4 is 11.6 Å². The summed E-state index contributed by atoms with van der Waals surface area (Å²) >= 11 is 0. The van der Waals surface area contributed by atoms with Gasteiger partial charge in [-0.25, -0.2) is 4.98 Å². The molecule has 0 fully saturated rings. The molecule has 0 atom stereocenters. The highest BCUT2D eigenvalue weighted by Crippen LogP contribution is 2.32. The average Bonchev–Trinajstić information content (AvgIpc) is 2.57. The lowest BCUT2D eigenvalue weighted by Crippen LogP contribution is -2.21. The number of pyridine rings is 1. The van der Waals surface area contributed by atoms with Crippen LogP contribution in [0, 0.1) is 19.8 Å². The maximum Gasteiger partial charge on any atom is 0.250 e. The van der Waals surface area contributed by atoms with E-state index < -0.39 is 5.91 Å². The van der Waals surface area contributed by atoms with E-state index in [1.807, 2.05) is 13.0 Å². The topological polar surface area (TPSA) is 68.5 Å². The van der Waals surface area contributed by atoms with Gasteiger partial charge in [0.25, 0.3) is 0 Å². The van der Waals surface area contributed by atoms with Crippen LogP contribution in [0.4, 0.5) is 5.69 Å². The van der Waals surface area contributed by atoms with Gasteiger partial charge in [0, 0.05) is 31.5 Å². The Kier molecular flexibility index (Phi) is 6.02. The van der Waals surface area contributed by atoms with Gasteiger partial charge in [0.05, 0.1) is 5.56 Å². The third-order valence-corrected chi connectivity index (χ3v) is 4.40. The van der Waals surface area contributed by atoms with Crippen LogP contribution in [-0.4, -0.2) is 24.5 Å². The molecule has 0 aliphatic heterocycles. The summed E-state index contributed by atoms with van der Waals surface area (Å²) in [6.45, 7) is 9.64. The first-order chi connectivity index (χ1) is 11.8. The number of carbonyl (C=O) groups is 1. The van der Waals surface area contributed by atoms with E-state index in [0.717, 1.165) is 24.3 Å². The lowest BCUT2D eigenvalue weighted by Gasteiger charge is -2.24. The molecule has 0 spiro atoms. The van der Waals surface area contributed by atoms with Crippen LogP contribution >= 0.6 is 0 Å². The van der Waals surface area contributed by atoms with E-state index in [0.29, 0.717) is 17.4 Å². The largest absolute Gasteiger partial charge is 0.439 e. The molecular weight excluding hydrogens is 314 g/mol. The summed E-state index contributed by atoms with van der Waals surface area (Å²) < 4.78 is 5.88. The van der Waals surface area contributed by atoms with Crippen LogP contribution < -0.4 is 15.4 Å². The fraction of sp³-hybridized carbons (Fsp3) is 0.400. The van der Waals surface area contributed by atoms with E-state index in [1.165, 1.54) is 17.4 Å². The van der Waals surface area contributed by atoms with Gasteiger partial charge in [0.15, 0.2) is 0 Å². The maximum absolute atomic E-state index is 11.1. The number of aromatic nitrogens is 1. The minimum Gasteiger partial charge on any atom is -0.439 e. The van der Waals surface area contributed by atoms with E-state index in [2.05, 4.69) is 43.8 Å². The van der Waals surface area contributed by atoms with E-state index in [4.69, 9.17) is 10.5 Å². The predicted octanol–water partition coefficient (Wildman–Crippen LogP) is 4.07. The first-order valence-corrected chi connectivity index (χ1v) is 8.54. The van der Waals surface area contributed by atoms with Crippen LogP contribution in [0.25, 0.3) is 0 Å². The van der Waals surface area contributed by atoms with E-state index in [1.54, 1.807) is 12.1 Å². The molecule has 5 heteroatoms. The molecule has 0 aliphatic rings. The van der Waals surface area contributed by atoms with Crippen molar-refractivity contribution in [3.8, 4) is 11.6 Å². The van der Waals surface area contributed by atoms with Gasteiger partial charge in [0.2, 0.25) is 11.8 Å². The highest BCUT2D eigenvalue weighted by molar-refractivity contribution is 5.92. The Morgan fingerprint density at radius 3 is 2.48 bits per heavy atom. The fourth-order valence-corrected chi connectivity index (χ4v) is 2.58. The van der Waals surface area contributed by atoms with Gasteiger partial charge in [-0.05, 0) is 55.5 Å². The minimum absolute atomic E-state index is 0.363. The van der Waals surface area contributed by atoms with Crippen molar-refractivity contribution in [1.29, 1.82) is 0 Å². The van der Waals surface area contributed by atoms with E-state index in [-0.39, 0.29) is 0 Å². The van der Waals surface area contributed by atoms with Crippen LogP contribution in [0.5, 0.6) is 11.6 Å². The lowest BCUT2D eigenvalue weighted by atomic mass is 10.1. The Hall–Kier alpha value is -2.56. The molecule has 2 rings (SSSR count). The second-order valence-electron chi connectivity index (χ2n) is 6.79. The van der Waals surface area contributed by atoms with Gasteiger partial charge >= 0.3 is 0 Å². The molecule has 0 unspecified atom stereocenters. The van der Waals surface area contributed by atoms with Crippen LogP contribution in [0.15, 0.2) is 30.5 Å². The van der Waals surface area contributed by atoms with Crippen LogP contribution in [0.1, 0.15) is 41.8 Å². The number of hydrogen-bond donors (Lipinski definition) is 1. The molecule has 0 saturated carbocycles. The molecule has 1 amide bonds. The Balaban J connectivity index is 2.17. The molecule has 25 heavy (non-hydrogen) atoms. The van der Waals surface area contributed by atoms with Crippen molar-refractivity contribution in [2.75, 3.05) is 18.5 Å². The first-order valence-electron chi connectivity index (χ1n) is 8.54. The molecule has 1 heterocycles. The van der Waals surface area contributed by atoms with Gasteiger partial charge in [-0.15, -0.1) is 0 Å². The van der Waals surface area contributed by atoms with Gasteiger partial charge in [-0.3, -0.25) is 4.79 Å². The van der Waals surface area contributed by atoms with Crippen LogP contribution in [0.3, 0.4) is 0 Å². The second kappa shape index (κ2) is 8.01. The van der Waals surface area contributed by atoms with Crippen molar-refractivity contribution < 1.29 is 9.53 Å². The van der Waals surface area contributed by atoms with Crippen LogP contribution in [0.2, 0.25) is 0 Å². The summed E-state index contributed by atoms with van der Waals surface area (Å²) in [5, 5.41) is 0. The summed E-state index contributed by atoms with van der Waals surface area (Å²) in [5.41, 5.74) is 9.07. The van der Waals surface area contributed by atoms with Gasteiger partial charge in [0.1, 0.15) is 5.75 Å². The molecular formula is C20H27N3O2. The zero-order valence-electron chi connectivity index (χ0n) is 15.7. The molecule has 0 radical (unpaired) electrons. The van der Waals surface area contributed by atoms with Crippen molar-refractivity contribution in [1.82, 2.24) is 4.98 Å². The zero-order chi connectivity index (χ0) is 18.6. The summed E-state index contributed by atoms with van der Waals surface area (Å²) in [7, 11) is 2.12. The average molecular weight is 341 g/mol. The van der Waals surface area contributed by atoms with Crippen molar-refractivity contribution in [3.05, 3.63) is 47.2 Å². The summed E-state index contributed by atoms with van der Waals surface area (Å²) in [6.07, 6.45) is 2.58. The number of nitrogens with two attached hydrogens (primary N) is 1. The van der Waals surface area contributed by atoms with E-state index >= 15 is 0 Å². The number of anilines is 1. The third kappa shape index (κ3) is 4.72. The number of primary amides is 1. The monoisotopic (exact) mass is 341 g/mol. The smallest absolute Gasteiger partial charge is 0.250 e. The molecule has 2 N–H and O–H groups in total. The number of carbonyl (C=O) groups excluding carboxylic acids is 1. The first kappa shape index (κ1) is 18.8. The second-order valence-corrected chi connectivity index (χ2v) is 6.79. The van der Waals surface area contributed by atoms with Crippen molar-refractivity contribution in [2.45, 2.75) is 34.1 Å². The normalized spacial score (nSPS) is 10.8. The molecule has 5 nitrogen and oxygen atoms in total. The highest BCUT2D eigenvalue weighted by atomic mass is 16.5. The SMILES string of the molecule is Cc1c(Oc2ccc(C(N)=O)cn2)ccc(N(C)CCC(C)C)c1C. The highest BCUT2D eigenvalue weighted by Gasteiger charge is 2.12. The number of nitrogens with zero attached hydrogens (tertiary/aromatic N) is 2. The Bertz CT molecular complexity index is 739. The molecule has 0 saturated heterocycles. The number of benzene rings is 1. The zero-order valence-corrected chi connectivity index (χ0v) is 15.7. The lowest BCUT2D eigenvalue weighted by molar-refractivity contribution is 0.1000. The Labute approximate surface area is 149 Å². The quantitative estimate of drug-likeness (QED) is 0.824. The van der Waals surface area contributed by atoms with Crippen molar-refractivity contribution in [2.24, 2.45) is 11.7 Å². The van der Waals surface area contributed by atoms with E-state index in [9.17, 15) is 4.79 Å². The minimum atomic E-state index is -0.500. The van der Waals surface area contributed by atoms with Gasteiger partial charge in [-0.2, -0.15) is 0 Å². The Morgan fingerprint density at radius 1 is 1.20 bits per heavy atom. The Morgan fingerprint density at radius 2 is 1.92 bits per heavy atom. The summed E-state index contributed by atoms with van der Waals surface area (Å²) in [4.78, 5) is 17.5. The molecule has 1 aromatic heterocycles. The van der Waals surface area contributed by atoms with Crippen LogP contribution in [-0.2, 0) is 0 Å². The fourth-order valence-electron chi connectivity index (χ4n) is 2.58. The van der Waals surface area contributed by atoms with Crippen molar-refractivity contribution in [3.63, 3.8) is 0 Å². The number of hydrogen-bond acceptors (Lipinski definition) is 4. The third-order valence-electron chi connectivity index (χ3n) is 4.40. The summed E-state index contributed by atoms with van der Waals surface area (Å²) in [5.74, 6) is 1.38. The standard InChI is InChI=1S/C20H27N3O2/c1-13(2)10-11-23(5)17-7-8-18(15(4)14(17)3)25-19-9-6-16(12-22-19)20(21)24/h6-9,12-13H,10-11H2,1-5H3,(H2,21,24). The van der Waals surface area contributed by atoms with Gasteiger partial charge < -0.3 is 15.4 Å². The molecule has 2 aromatic rings. The van der Waals surface area contributed by atoms with Gasteiger partial charge in [-0.1, -0.05) is 13.8 Å².